The van der Waals surface area contributed by atoms with Crippen molar-refractivity contribution in [2.24, 2.45) is 5.10 Å². The maximum Gasteiger partial charge on any atom is 0.343 e. The number of hydrogen-bond donors (Lipinski definition) is 1. The number of nitro benzene ring substituents is 1. The summed E-state index contributed by atoms with van der Waals surface area (Å²) in [4.78, 5) is 34.6. The van der Waals surface area contributed by atoms with Crippen LogP contribution < -0.4 is 19.6 Å². The molecule has 0 bridgehead atoms. The second-order valence-corrected chi connectivity index (χ2v) is 6.53. The van der Waals surface area contributed by atoms with E-state index in [4.69, 9.17) is 14.2 Å². The Kier molecular flexibility index (Phi) is 5.75. The zero-order valence-corrected chi connectivity index (χ0v) is 16.4. The summed E-state index contributed by atoms with van der Waals surface area (Å²) < 4.78 is 15.7. The minimum atomic E-state index is -0.717. The molecule has 160 valence electrons. The number of carbonyl (C=O) groups excluding carboxylic acids is 2. The summed E-state index contributed by atoms with van der Waals surface area (Å²) in [5.74, 6) is 0.199. The van der Waals surface area contributed by atoms with E-state index in [-0.39, 0.29) is 23.8 Å². The summed E-state index contributed by atoms with van der Waals surface area (Å²) in [5.41, 5.74) is 3.30. The quantitative estimate of drug-likeness (QED) is 0.208. The van der Waals surface area contributed by atoms with Gasteiger partial charge in [0, 0.05) is 17.7 Å². The predicted molar refractivity (Wildman–Crippen MR) is 112 cm³/mol. The zero-order chi connectivity index (χ0) is 22.5. The Labute approximate surface area is 181 Å². The van der Waals surface area contributed by atoms with Gasteiger partial charge < -0.3 is 14.2 Å². The van der Waals surface area contributed by atoms with E-state index in [1.165, 1.54) is 36.5 Å². The molecule has 10 heteroatoms. The maximum absolute atomic E-state index is 12.2. The molecule has 0 radical (unpaired) electrons. The van der Waals surface area contributed by atoms with Crippen molar-refractivity contribution in [2.75, 3.05) is 6.79 Å². The van der Waals surface area contributed by atoms with Gasteiger partial charge in [-0.2, -0.15) is 5.10 Å². The van der Waals surface area contributed by atoms with Crippen molar-refractivity contribution in [3.05, 3.63) is 93.5 Å². The van der Waals surface area contributed by atoms with Crippen LogP contribution in [0.4, 0.5) is 5.69 Å². The van der Waals surface area contributed by atoms with Crippen LogP contribution in [-0.4, -0.2) is 29.8 Å². The number of fused-ring (bicyclic) bond motifs is 1. The van der Waals surface area contributed by atoms with E-state index < -0.39 is 16.8 Å². The van der Waals surface area contributed by atoms with Crippen LogP contribution in [0.25, 0.3) is 0 Å². The zero-order valence-electron chi connectivity index (χ0n) is 16.4. The van der Waals surface area contributed by atoms with Crippen LogP contribution in [0.5, 0.6) is 17.2 Å². The van der Waals surface area contributed by atoms with E-state index in [0.29, 0.717) is 22.6 Å². The van der Waals surface area contributed by atoms with Crippen LogP contribution in [-0.2, 0) is 0 Å². The molecule has 0 saturated heterocycles. The molecule has 0 atom stereocenters. The molecule has 0 aromatic heterocycles. The monoisotopic (exact) mass is 433 g/mol. The smallest absolute Gasteiger partial charge is 0.343 e. The number of benzene rings is 3. The van der Waals surface area contributed by atoms with Crippen molar-refractivity contribution in [1.82, 2.24) is 5.43 Å². The first-order valence-corrected chi connectivity index (χ1v) is 9.29. The predicted octanol–water partition coefficient (Wildman–Crippen LogP) is 3.31. The standard InChI is InChI=1S/C22H15N3O7/c26-21(15-6-9-19-20(11-15)31-13-30-19)24-23-12-14-4-7-18(8-5-14)32-22(27)16-2-1-3-17(10-16)25(28)29/h1-12H,13H2,(H,24,26). The lowest BCUT2D eigenvalue weighted by molar-refractivity contribution is -0.384. The third kappa shape index (κ3) is 4.70. The number of amides is 1. The first kappa shape index (κ1) is 20.5. The first-order chi connectivity index (χ1) is 15.5. The molecule has 1 aliphatic rings. The van der Waals surface area contributed by atoms with Gasteiger partial charge >= 0.3 is 5.97 Å². The van der Waals surface area contributed by atoms with Crippen molar-refractivity contribution >= 4 is 23.8 Å². The van der Waals surface area contributed by atoms with Crippen molar-refractivity contribution in [2.45, 2.75) is 0 Å². The second-order valence-electron chi connectivity index (χ2n) is 6.53. The Balaban J connectivity index is 1.34. The Bertz CT molecular complexity index is 1220. The fourth-order valence-electron chi connectivity index (χ4n) is 2.80. The Morgan fingerprint density at radius 1 is 1.00 bits per heavy atom. The van der Waals surface area contributed by atoms with Gasteiger partial charge in [-0.25, -0.2) is 10.2 Å². The lowest BCUT2D eigenvalue weighted by Crippen LogP contribution is -2.17. The number of hydrogen-bond acceptors (Lipinski definition) is 8. The molecular weight excluding hydrogens is 418 g/mol. The number of rotatable bonds is 6. The number of nitrogens with zero attached hydrogens (tertiary/aromatic N) is 2. The highest BCUT2D eigenvalue weighted by Crippen LogP contribution is 2.32. The minimum absolute atomic E-state index is 0.0658. The molecule has 32 heavy (non-hydrogen) atoms. The highest BCUT2D eigenvalue weighted by Gasteiger charge is 2.16. The van der Waals surface area contributed by atoms with Gasteiger partial charge in [0.25, 0.3) is 11.6 Å². The average Bonchev–Trinajstić information content (AvgIpc) is 3.28. The molecule has 1 aliphatic heterocycles. The van der Waals surface area contributed by atoms with Crippen LogP contribution >= 0.6 is 0 Å². The van der Waals surface area contributed by atoms with Crippen molar-refractivity contribution in [3.63, 3.8) is 0 Å². The van der Waals surface area contributed by atoms with Gasteiger partial charge in [0.1, 0.15) is 5.75 Å². The Hall–Kier alpha value is -4.73. The molecule has 0 fully saturated rings. The summed E-state index contributed by atoms with van der Waals surface area (Å²) in [6.45, 7) is 0.120. The van der Waals surface area contributed by atoms with Gasteiger partial charge in [-0.05, 0) is 54.1 Å². The number of esters is 1. The fourth-order valence-corrected chi connectivity index (χ4v) is 2.80. The number of non-ortho nitro benzene ring substituents is 1. The van der Waals surface area contributed by atoms with Crippen molar-refractivity contribution < 1.29 is 28.7 Å². The number of carbonyl (C=O) groups is 2. The molecule has 10 nitrogen and oxygen atoms in total. The molecule has 0 unspecified atom stereocenters. The molecule has 4 rings (SSSR count). The summed E-state index contributed by atoms with van der Waals surface area (Å²) in [7, 11) is 0. The minimum Gasteiger partial charge on any atom is -0.454 e. The molecule has 1 amide bonds. The summed E-state index contributed by atoms with van der Waals surface area (Å²) in [6.07, 6.45) is 1.43. The van der Waals surface area contributed by atoms with E-state index in [2.05, 4.69) is 10.5 Å². The Morgan fingerprint density at radius 2 is 1.78 bits per heavy atom. The first-order valence-electron chi connectivity index (χ1n) is 9.29. The van der Waals surface area contributed by atoms with Gasteiger partial charge in [-0.1, -0.05) is 6.07 Å². The third-order valence-corrected chi connectivity index (χ3v) is 4.40. The summed E-state index contributed by atoms with van der Waals surface area (Å²) >= 11 is 0. The molecule has 0 saturated carbocycles. The van der Waals surface area contributed by atoms with Crippen LogP contribution in [0.3, 0.4) is 0 Å². The highest BCUT2D eigenvalue weighted by molar-refractivity contribution is 5.95. The van der Waals surface area contributed by atoms with Gasteiger partial charge in [0.05, 0.1) is 16.7 Å². The summed E-state index contributed by atoms with van der Waals surface area (Å²) in [5, 5.41) is 14.7. The summed E-state index contributed by atoms with van der Waals surface area (Å²) in [6, 6.07) is 16.4. The van der Waals surface area contributed by atoms with Gasteiger partial charge in [-0.3, -0.25) is 14.9 Å². The van der Waals surface area contributed by atoms with E-state index >= 15 is 0 Å². The van der Waals surface area contributed by atoms with Gasteiger partial charge in [0.2, 0.25) is 6.79 Å². The van der Waals surface area contributed by atoms with Crippen LogP contribution in [0, 0.1) is 10.1 Å². The van der Waals surface area contributed by atoms with Crippen LogP contribution in [0.2, 0.25) is 0 Å². The topological polar surface area (TPSA) is 129 Å². The average molecular weight is 433 g/mol. The molecule has 3 aromatic rings. The number of ether oxygens (including phenoxy) is 3. The lowest BCUT2D eigenvalue weighted by atomic mass is 10.2. The van der Waals surface area contributed by atoms with Crippen molar-refractivity contribution in [3.8, 4) is 17.2 Å². The van der Waals surface area contributed by atoms with Gasteiger partial charge in [-0.15, -0.1) is 0 Å². The Morgan fingerprint density at radius 3 is 2.56 bits per heavy atom. The number of nitro groups is 1. The van der Waals surface area contributed by atoms with E-state index in [1.807, 2.05) is 0 Å². The van der Waals surface area contributed by atoms with E-state index in [1.54, 1.807) is 30.3 Å². The number of hydrazone groups is 1. The highest BCUT2D eigenvalue weighted by atomic mass is 16.7. The van der Waals surface area contributed by atoms with Crippen LogP contribution in [0.1, 0.15) is 26.3 Å². The third-order valence-electron chi connectivity index (χ3n) is 4.40. The molecule has 3 aromatic carbocycles. The lowest BCUT2D eigenvalue weighted by Gasteiger charge is -2.05. The molecular formula is C22H15N3O7. The molecule has 1 N–H and O–H groups in total. The molecule has 0 spiro atoms. The van der Waals surface area contributed by atoms with Gasteiger partial charge in [0.15, 0.2) is 11.5 Å². The van der Waals surface area contributed by atoms with E-state index in [0.717, 1.165) is 6.07 Å². The molecule has 1 heterocycles. The van der Waals surface area contributed by atoms with Crippen molar-refractivity contribution in [1.29, 1.82) is 0 Å². The van der Waals surface area contributed by atoms with Crippen LogP contribution in [0.15, 0.2) is 71.8 Å². The largest absolute Gasteiger partial charge is 0.454 e. The molecule has 0 aliphatic carbocycles. The number of nitrogens with one attached hydrogen (secondary N) is 1. The normalized spacial score (nSPS) is 11.9. The second kappa shape index (κ2) is 8.96. The van der Waals surface area contributed by atoms with E-state index in [9.17, 15) is 19.7 Å². The fraction of sp³-hybridized carbons (Fsp3) is 0.0455. The SMILES string of the molecule is O=C(NN=Cc1ccc(OC(=O)c2cccc([N+](=O)[O-])c2)cc1)c1ccc2c(c1)OCO2. The maximum atomic E-state index is 12.2.